The lowest BCUT2D eigenvalue weighted by atomic mass is 9.96. The monoisotopic (exact) mass is 239 g/mol. The molecule has 90 valence electrons. The molecule has 1 nitrogen and oxygen atoms in total. The maximum Gasteiger partial charge on any atom is 0.111 e. The second-order valence-electron chi connectivity index (χ2n) is 4.71. The van der Waals surface area contributed by atoms with Crippen LogP contribution in [0.25, 0.3) is 23.2 Å². The highest BCUT2D eigenvalue weighted by molar-refractivity contribution is 5.61. The summed E-state index contributed by atoms with van der Waals surface area (Å²) in [7, 11) is 0. The van der Waals surface area contributed by atoms with Crippen molar-refractivity contribution in [2.24, 2.45) is 5.92 Å². The maximum absolute atomic E-state index is 14.1. The molecule has 1 aliphatic carbocycles. The van der Waals surface area contributed by atoms with Gasteiger partial charge in [-0.25, -0.2) is 4.39 Å². The van der Waals surface area contributed by atoms with Crippen LogP contribution in [0.5, 0.6) is 0 Å². The van der Waals surface area contributed by atoms with Gasteiger partial charge in [0.2, 0.25) is 0 Å². The van der Waals surface area contributed by atoms with Crippen molar-refractivity contribution < 1.29 is 4.39 Å². The standard InChI is InChI=1S/C16H14FN/c1-11-5-6-12-7-8-13(10-14(12)16(11)17)15-4-2-3-9-18-15/h2-4,6-11H,5H2,1H3/t11-/m1/s1. The number of benzene rings is 1. The summed E-state index contributed by atoms with van der Waals surface area (Å²) in [5.74, 6) is -0.0261. The molecule has 2 aromatic rings. The first kappa shape index (κ1) is 11.1. The van der Waals surface area contributed by atoms with E-state index in [1.165, 1.54) is 0 Å². The van der Waals surface area contributed by atoms with Gasteiger partial charge < -0.3 is 0 Å². The van der Waals surface area contributed by atoms with Gasteiger partial charge in [-0.05, 0) is 29.8 Å². The highest BCUT2D eigenvalue weighted by atomic mass is 19.1. The molecule has 0 amide bonds. The van der Waals surface area contributed by atoms with Gasteiger partial charge in [-0.2, -0.15) is 0 Å². The molecule has 1 aromatic heterocycles. The van der Waals surface area contributed by atoms with E-state index < -0.39 is 0 Å². The van der Waals surface area contributed by atoms with Gasteiger partial charge in [-0.15, -0.1) is 0 Å². The Morgan fingerprint density at radius 1 is 1.22 bits per heavy atom. The zero-order valence-electron chi connectivity index (χ0n) is 10.2. The van der Waals surface area contributed by atoms with Crippen LogP contribution in [0.2, 0.25) is 0 Å². The van der Waals surface area contributed by atoms with E-state index in [9.17, 15) is 4.39 Å². The van der Waals surface area contributed by atoms with E-state index in [4.69, 9.17) is 0 Å². The zero-order chi connectivity index (χ0) is 12.5. The number of rotatable bonds is 1. The Labute approximate surface area is 105 Å². The van der Waals surface area contributed by atoms with Crippen molar-refractivity contribution in [2.45, 2.75) is 13.3 Å². The molecule has 0 unspecified atom stereocenters. The largest absolute Gasteiger partial charge is 0.256 e. The SMILES string of the molecule is C[C@@H]1CC=c2ccc(-c3ccccn3)cc2=C1F. The van der Waals surface area contributed by atoms with Crippen molar-refractivity contribution >= 4 is 11.9 Å². The Bertz CT molecular complexity index is 689. The third-order valence-corrected chi connectivity index (χ3v) is 3.40. The number of nitrogens with zero attached hydrogens (tertiary/aromatic N) is 1. The summed E-state index contributed by atoms with van der Waals surface area (Å²) in [6, 6.07) is 11.6. The maximum atomic E-state index is 14.1. The molecule has 0 aliphatic heterocycles. The fourth-order valence-corrected chi connectivity index (χ4v) is 2.31. The van der Waals surface area contributed by atoms with Crippen LogP contribution in [-0.4, -0.2) is 4.98 Å². The van der Waals surface area contributed by atoms with Crippen LogP contribution in [0.15, 0.2) is 42.6 Å². The summed E-state index contributed by atoms with van der Waals surface area (Å²) in [5, 5.41) is 1.71. The molecular weight excluding hydrogens is 225 g/mol. The van der Waals surface area contributed by atoms with Gasteiger partial charge in [0.15, 0.2) is 0 Å². The van der Waals surface area contributed by atoms with Gasteiger partial charge in [0.1, 0.15) is 5.83 Å². The fraction of sp³-hybridized carbons (Fsp3) is 0.188. The first-order chi connectivity index (χ1) is 8.75. The Balaban J connectivity index is 2.24. The van der Waals surface area contributed by atoms with Gasteiger partial charge in [0.05, 0.1) is 5.69 Å². The molecule has 0 N–H and O–H groups in total. The van der Waals surface area contributed by atoms with E-state index in [0.717, 1.165) is 28.1 Å². The predicted molar refractivity (Wildman–Crippen MR) is 71.7 cm³/mol. The molecule has 1 aromatic carbocycles. The molecule has 1 aliphatic rings. The topological polar surface area (TPSA) is 12.9 Å². The Morgan fingerprint density at radius 2 is 2.11 bits per heavy atom. The van der Waals surface area contributed by atoms with Crippen molar-refractivity contribution in [1.29, 1.82) is 0 Å². The summed E-state index contributed by atoms with van der Waals surface area (Å²) in [6.07, 6.45) is 4.64. The van der Waals surface area contributed by atoms with E-state index in [2.05, 4.69) is 11.1 Å². The molecular formula is C16H14FN. The lowest BCUT2D eigenvalue weighted by molar-refractivity contribution is 0.598. The molecule has 1 heterocycles. The summed E-state index contributed by atoms with van der Waals surface area (Å²) in [6.45, 7) is 1.92. The minimum atomic E-state index is -0.0171. The lowest BCUT2D eigenvalue weighted by Crippen LogP contribution is -2.31. The van der Waals surface area contributed by atoms with Crippen LogP contribution in [0.1, 0.15) is 13.3 Å². The lowest BCUT2D eigenvalue weighted by Gasteiger charge is -2.12. The molecule has 0 saturated carbocycles. The Hall–Kier alpha value is -1.96. The minimum Gasteiger partial charge on any atom is -0.256 e. The second kappa shape index (κ2) is 4.37. The summed E-state index contributed by atoms with van der Waals surface area (Å²) < 4.78 is 14.1. The molecule has 18 heavy (non-hydrogen) atoms. The molecule has 0 bridgehead atoms. The molecule has 0 radical (unpaired) electrons. The molecule has 2 heteroatoms. The summed E-state index contributed by atoms with van der Waals surface area (Å²) in [4.78, 5) is 4.30. The average molecular weight is 239 g/mol. The smallest absolute Gasteiger partial charge is 0.111 e. The fourth-order valence-electron chi connectivity index (χ4n) is 2.31. The van der Waals surface area contributed by atoms with Crippen LogP contribution >= 0.6 is 0 Å². The number of hydrogen-bond donors (Lipinski definition) is 0. The molecule has 0 fully saturated rings. The van der Waals surface area contributed by atoms with Crippen molar-refractivity contribution in [3.63, 3.8) is 0 Å². The predicted octanol–water partition coefficient (Wildman–Crippen LogP) is 2.65. The quantitative estimate of drug-likeness (QED) is 0.745. The third kappa shape index (κ3) is 1.84. The van der Waals surface area contributed by atoms with Gasteiger partial charge in [-0.3, -0.25) is 4.98 Å². The summed E-state index contributed by atoms with van der Waals surface area (Å²) in [5.41, 5.74) is 1.85. The first-order valence-corrected chi connectivity index (χ1v) is 6.17. The van der Waals surface area contributed by atoms with Crippen LogP contribution in [0.3, 0.4) is 0 Å². The highest BCUT2D eigenvalue weighted by Gasteiger charge is 2.13. The van der Waals surface area contributed by atoms with Crippen LogP contribution in [0, 0.1) is 5.92 Å². The first-order valence-electron chi connectivity index (χ1n) is 6.17. The number of aromatic nitrogens is 1. The number of fused-ring (bicyclic) bond motifs is 1. The van der Waals surface area contributed by atoms with Crippen molar-refractivity contribution in [1.82, 2.24) is 4.98 Å². The molecule has 3 rings (SSSR count). The van der Waals surface area contributed by atoms with E-state index in [1.807, 2.05) is 43.3 Å². The second-order valence-corrected chi connectivity index (χ2v) is 4.71. The number of halogens is 1. The van der Waals surface area contributed by atoms with E-state index >= 15 is 0 Å². The van der Waals surface area contributed by atoms with E-state index in [0.29, 0.717) is 0 Å². The normalized spacial score (nSPS) is 18.1. The Morgan fingerprint density at radius 3 is 2.89 bits per heavy atom. The highest BCUT2D eigenvalue weighted by Crippen LogP contribution is 2.19. The van der Waals surface area contributed by atoms with Crippen LogP contribution in [-0.2, 0) is 0 Å². The number of hydrogen-bond acceptors (Lipinski definition) is 1. The zero-order valence-corrected chi connectivity index (χ0v) is 10.2. The van der Waals surface area contributed by atoms with Crippen molar-refractivity contribution in [2.75, 3.05) is 0 Å². The van der Waals surface area contributed by atoms with Crippen molar-refractivity contribution in [3.8, 4) is 11.3 Å². The third-order valence-electron chi connectivity index (χ3n) is 3.40. The van der Waals surface area contributed by atoms with Gasteiger partial charge in [0, 0.05) is 22.9 Å². The average Bonchev–Trinajstić information content (AvgIpc) is 2.44. The molecule has 0 spiro atoms. The van der Waals surface area contributed by atoms with Crippen molar-refractivity contribution in [3.05, 3.63) is 53.0 Å². The van der Waals surface area contributed by atoms with Crippen LogP contribution < -0.4 is 10.4 Å². The summed E-state index contributed by atoms with van der Waals surface area (Å²) >= 11 is 0. The molecule has 0 saturated heterocycles. The van der Waals surface area contributed by atoms with Crippen LogP contribution in [0.4, 0.5) is 4.39 Å². The minimum absolute atomic E-state index is 0.00900. The van der Waals surface area contributed by atoms with E-state index in [-0.39, 0.29) is 11.7 Å². The van der Waals surface area contributed by atoms with E-state index in [1.54, 1.807) is 6.20 Å². The van der Waals surface area contributed by atoms with Gasteiger partial charge >= 0.3 is 0 Å². The van der Waals surface area contributed by atoms with Gasteiger partial charge in [0.25, 0.3) is 0 Å². The number of pyridine rings is 1. The van der Waals surface area contributed by atoms with Gasteiger partial charge in [-0.1, -0.05) is 31.2 Å². The Kier molecular flexibility index (Phi) is 2.71. The molecule has 1 atom stereocenters.